The largest absolute Gasteiger partial charge is 0.476 e. The van der Waals surface area contributed by atoms with Gasteiger partial charge in [0.15, 0.2) is 5.69 Å². The quantitative estimate of drug-likeness (QED) is 0.890. The Kier molecular flexibility index (Phi) is 3.82. The lowest BCUT2D eigenvalue weighted by Gasteiger charge is -2.26. The summed E-state index contributed by atoms with van der Waals surface area (Å²) in [5.41, 5.74) is 0.252. The number of hydrogen-bond donors (Lipinski definition) is 1. The van der Waals surface area contributed by atoms with Gasteiger partial charge in [0, 0.05) is 10.8 Å². The third-order valence-electron chi connectivity index (χ3n) is 3.79. The molecule has 0 radical (unpaired) electrons. The highest BCUT2D eigenvalue weighted by atomic mass is 32.1. The highest BCUT2D eigenvalue weighted by Crippen LogP contribution is 2.38. The molecule has 0 bridgehead atoms. The predicted molar refractivity (Wildman–Crippen MR) is 68.8 cm³/mol. The summed E-state index contributed by atoms with van der Waals surface area (Å²) in [5, 5.41) is 10.0. The van der Waals surface area contributed by atoms with Crippen LogP contribution in [0.3, 0.4) is 0 Å². The summed E-state index contributed by atoms with van der Waals surface area (Å²) in [4.78, 5) is 16.1. The number of rotatable bonds is 3. The number of aromatic nitrogens is 1. The van der Waals surface area contributed by atoms with Crippen molar-refractivity contribution in [3.8, 4) is 0 Å². The van der Waals surface area contributed by atoms with Crippen molar-refractivity contribution in [2.24, 2.45) is 5.92 Å². The lowest BCUT2D eigenvalue weighted by Crippen LogP contribution is -2.12. The molecule has 1 aromatic heterocycles. The number of hydrogen-bond acceptors (Lipinski definition) is 3. The van der Waals surface area contributed by atoms with Gasteiger partial charge in [-0.3, -0.25) is 0 Å². The first kappa shape index (κ1) is 12.6. The number of thiazole rings is 1. The first-order chi connectivity index (χ1) is 8.11. The molecule has 1 fully saturated rings. The molecular weight excluding hydrogens is 234 g/mol. The Labute approximate surface area is 106 Å². The minimum Gasteiger partial charge on any atom is -0.476 e. The van der Waals surface area contributed by atoms with Crippen molar-refractivity contribution in [3.05, 3.63) is 15.6 Å². The Morgan fingerprint density at radius 3 is 2.53 bits per heavy atom. The van der Waals surface area contributed by atoms with Gasteiger partial charge < -0.3 is 5.11 Å². The van der Waals surface area contributed by atoms with E-state index < -0.39 is 5.97 Å². The topological polar surface area (TPSA) is 50.2 Å². The molecule has 0 aromatic carbocycles. The van der Waals surface area contributed by atoms with Gasteiger partial charge in [0.05, 0.1) is 5.01 Å². The van der Waals surface area contributed by atoms with Crippen molar-refractivity contribution in [1.82, 2.24) is 4.98 Å². The number of carbonyl (C=O) groups is 1. The molecule has 17 heavy (non-hydrogen) atoms. The second kappa shape index (κ2) is 5.17. The van der Waals surface area contributed by atoms with Crippen LogP contribution < -0.4 is 0 Å². The van der Waals surface area contributed by atoms with Crippen molar-refractivity contribution in [2.75, 3.05) is 0 Å². The molecule has 1 N–H and O–H groups in total. The molecule has 0 atom stereocenters. The van der Waals surface area contributed by atoms with Crippen molar-refractivity contribution in [1.29, 1.82) is 0 Å². The maximum atomic E-state index is 11.0. The molecule has 1 saturated carbocycles. The first-order valence-electron chi connectivity index (χ1n) is 6.32. The Bertz CT molecular complexity index is 406. The van der Waals surface area contributed by atoms with E-state index in [2.05, 4.69) is 11.9 Å². The lowest BCUT2D eigenvalue weighted by atomic mass is 9.81. The van der Waals surface area contributed by atoms with Gasteiger partial charge in [-0.25, -0.2) is 9.78 Å². The summed E-state index contributed by atoms with van der Waals surface area (Å²) in [6.07, 6.45) is 6.14. The van der Waals surface area contributed by atoms with Crippen molar-refractivity contribution >= 4 is 17.3 Å². The van der Waals surface area contributed by atoms with Crippen molar-refractivity contribution in [2.45, 2.75) is 51.9 Å². The normalized spacial score (nSPS) is 24.8. The number of aromatic carboxylic acids is 1. The maximum Gasteiger partial charge on any atom is 0.355 e. The number of aryl methyl sites for hydroxylation is 1. The Morgan fingerprint density at radius 2 is 2.06 bits per heavy atom. The minimum atomic E-state index is -0.896. The third kappa shape index (κ3) is 2.68. The van der Waals surface area contributed by atoms with Gasteiger partial charge in [0.25, 0.3) is 0 Å². The van der Waals surface area contributed by atoms with Crippen LogP contribution in [0.15, 0.2) is 0 Å². The molecule has 1 heterocycles. The molecule has 0 spiro atoms. The van der Waals surface area contributed by atoms with Crippen LogP contribution in [-0.2, 0) is 0 Å². The zero-order valence-electron chi connectivity index (χ0n) is 10.4. The van der Waals surface area contributed by atoms with E-state index in [0.29, 0.717) is 5.92 Å². The molecule has 2 rings (SSSR count). The van der Waals surface area contributed by atoms with Crippen LogP contribution in [0, 0.1) is 12.8 Å². The Hall–Kier alpha value is -0.900. The summed E-state index contributed by atoms with van der Waals surface area (Å²) in [6.45, 7) is 4.10. The first-order valence-corrected chi connectivity index (χ1v) is 7.14. The van der Waals surface area contributed by atoms with Crippen LogP contribution in [0.25, 0.3) is 0 Å². The predicted octanol–water partition coefficient (Wildman–Crippen LogP) is 3.83. The summed E-state index contributed by atoms with van der Waals surface area (Å²) in [7, 11) is 0. The molecule has 4 heteroatoms. The van der Waals surface area contributed by atoms with Gasteiger partial charge >= 0.3 is 5.97 Å². The summed E-state index contributed by atoms with van der Waals surface area (Å²) in [5.74, 6) is 0.466. The molecule has 1 aliphatic carbocycles. The van der Waals surface area contributed by atoms with E-state index in [1.54, 1.807) is 11.3 Å². The van der Waals surface area contributed by atoms with E-state index in [-0.39, 0.29) is 5.69 Å². The van der Waals surface area contributed by atoms with Crippen LogP contribution >= 0.6 is 11.3 Å². The fourth-order valence-corrected chi connectivity index (χ4v) is 3.69. The molecule has 94 valence electrons. The SMILES string of the molecule is CCC1CCC(c2nc(C(=O)O)c(C)s2)CC1. The monoisotopic (exact) mass is 253 g/mol. The van der Waals surface area contributed by atoms with Gasteiger partial charge in [0.1, 0.15) is 0 Å². The third-order valence-corrected chi connectivity index (χ3v) is 4.92. The lowest BCUT2D eigenvalue weighted by molar-refractivity contribution is 0.0690. The zero-order chi connectivity index (χ0) is 12.4. The highest BCUT2D eigenvalue weighted by Gasteiger charge is 2.25. The van der Waals surface area contributed by atoms with Gasteiger partial charge in [-0.2, -0.15) is 0 Å². The van der Waals surface area contributed by atoms with E-state index in [1.807, 2.05) is 6.92 Å². The molecule has 1 aromatic rings. The maximum absolute atomic E-state index is 11.0. The molecular formula is C13H19NO2S. The second-order valence-electron chi connectivity index (χ2n) is 4.89. The fraction of sp³-hybridized carbons (Fsp3) is 0.692. The van der Waals surface area contributed by atoms with Gasteiger partial charge in [-0.15, -0.1) is 11.3 Å². The van der Waals surface area contributed by atoms with Gasteiger partial charge in [-0.05, 0) is 38.5 Å². The van der Waals surface area contributed by atoms with Crippen LogP contribution in [0.1, 0.15) is 65.3 Å². The van der Waals surface area contributed by atoms with Crippen molar-refractivity contribution < 1.29 is 9.90 Å². The average molecular weight is 253 g/mol. The smallest absolute Gasteiger partial charge is 0.355 e. The van der Waals surface area contributed by atoms with Gasteiger partial charge in [0.2, 0.25) is 0 Å². The second-order valence-corrected chi connectivity index (χ2v) is 6.12. The number of nitrogens with zero attached hydrogens (tertiary/aromatic N) is 1. The standard InChI is InChI=1S/C13H19NO2S/c1-3-9-4-6-10(7-5-9)12-14-11(13(15)16)8(2)17-12/h9-10H,3-7H2,1-2H3,(H,15,16). The fourth-order valence-electron chi connectivity index (χ4n) is 2.61. The van der Waals surface area contributed by atoms with Crippen molar-refractivity contribution in [3.63, 3.8) is 0 Å². The van der Waals surface area contributed by atoms with Crippen LogP contribution in [0.5, 0.6) is 0 Å². The zero-order valence-corrected chi connectivity index (χ0v) is 11.2. The summed E-state index contributed by atoms with van der Waals surface area (Å²) >= 11 is 1.57. The van der Waals surface area contributed by atoms with Gasteiger partial charge in [-0.1, -0.05) is 13.3 Å². The molecule has 1 aliphatic rings. The van der Waals surface area contributed by atoms with E-state index in [0.717, 1.165) is 15.8 Å². The molecule has 0 saturated heterocycles. The van der Waals surface area contributed by atoms with Crippen LogP contribution in [0.4, 0.5) is 0 Å². The van der Waals surface area contributed by atoms with E-state index in [1.165, 1.54) is 32.1 Å². The molecule has 0 aliphatic heterocycles. The Morgan fingerprint density at radius 1 is 1.41 bits per heavy atom. The summed E-state index contributed by atoms with van der Waals surface area (Å²) in [6, 6.07) is 0. The number of carboxylic acid groups (broad SMARTS) is 1. The Balaban J connectivity index is 2.08. The minimum absolute atomic E-state index is 0.252. The summed E-state index contributed by atoms with van der Waals surface area (Å²) < 4.78 is 0. The van der Waals surface area contributed by atoms with Crippen LogP contribution in [0.2, 0.25) is 0 Å². The molecule has 0 amide bonds. The molecule has 0 unspecified atom stereocenters. The van der Waals surface area contributed by atoms with E-state index in [4.69, 9.17) is 5.11 Å². The van der Waals surface area contributed by atoms with Crippen LogP contribution in [-0.4, -0.2) is 16.1 Å². The number of carboxylic acids is 1. The molecule has 3 nitrogen and oxygen atoms in total. The average Bonchev–Trinajstić information content (AvgIpc) is 2.71. The van der Waals surface area contributed by atoms with E-state index >= 15 is 0 Å². The highest BCUT2D eigenvalue weighted by molar-refractivity contribution is 7.12. The van der Waals surface area contributed by atoms with E-state index in [9.17, 15) is 4.79 Å².